The Morgan fingerprint density at radius 2 is 1.82 bits per heavy atom. The molecule has 28 heavy (non-hydrogen) atoms. The maximum Gasteiger partial charge on any atom is 0.433 e. The third kappa shape index (κ3) is 3.34. The van der Waals surface area contributed by atoms with Gasteiger partial charge >= 0.3 is 5.88 Å². The van der Waals surface area contributed by atoms with Crippen LogP contribution in [-0.2, 0) is 12.8 Å². The first-order valence-corrected chi connectivity index (χ1v) is 9.66. The predicted octanol–water partition coefficient (Wildman–Crippen LogP) is 4.61. The second-order valence-electron chi connectivity index (χ2n) is 6.46. The zero-order valence-electron chi connectivity index (χ0n) is 14.8. The van der Waals surface area contributed by atoms with E-state index in [4.69, 9.17) is 4.42 Å². The lowest BCUT2D eigenvalue weighted by molar-refractivity contribution is -0.402. The first kappa shape index (κ1) is 18.1. The second kappa shape index (κ2) is 7.40. The Morgan fingerprint density at radius 1 is 1.07 bits per heavy atom. The Morgan fingerprint density at radius 3 is 2.54 bits per heavy atom. The van der Waals surface area contributed by atoms with Crippen molar-refractivity contribution in [3.05, 3.63) is 79.9 Å². The van der Waals surface area contributed by atoms with Crippen molar-refractivity contribution in [1.29, 1.82) is 0 Å². The largest absolute Gasteiger partial charge is 0.433 e. The van der Waals surface area contributed by atoms with Gasteiger partial charge in [-0.2, -0.15) is 0 Å². The number of carbonyl (C=O) groups is 2. The number of anilines is 1. The molecule has 0 aliphatic heterocycles. The average Bonchev–Trinajstić information content (AvgIpc) is 3.33. The van der Waals surface area contributed by atoms with Crippen LogP contribution < -0.4 is 5.32 Å². The minimum Gasteiger partial charge on any atom is -0.395 e. The number of aryl methyl sites for hydroxylation is 1. The summed E-state index contributed by atoms with van der Waals surface area (Å²) in [6, 6.07) is 11.3. The van der Waals surface area contributed by atoms with Crippen molar-refractivity contribution in [2.75, 3.05) is 5.32 Å². The fourth-order valence-electron chi connectivity index (χ4n) is 3.34. The summed E-state index contributed by atoms with van der Waals surface area (Å²) in [5.74, 6) is -1.43. The van der Waals surface area contributed by atoms with E-state index in [1.807, 2.05) is 6.07 Å². The molecule has 4 rings (SSSR count). The van der Waals surface area contributed by atoms with Crippen molar-refractivity contribution in [2.24, 2.45) is 0 Å². The fraction of sp³-hybridized carbons (Fsp3) is 0.200. The van der Waals surface area contributed by atoms with Gasteiger partial charge in [0.1, 0.15) is 9.92 Å². The van der Waals surface area contributed by atoms with Crippen LogP contribution in [0.5, 0.6) is 0 Å². The molecule has 0 bridgehead atoms. The Kier molecular flexibility index (Phi) is 4.79. The highest BCUT2D eigenvalue weighted by atomic mass is 32.1. The standard InChI is InChI=1S/C20H16N2O5S/c23-18(12-6-2-1-3-7-12)17-13-8-4-5-9-15(13)28-20(17)21-19(24)14-10-11-16(27-14)22(25)26/h1-3,6-7,10-11H,4-5,8-9H2,(H,21,24). The van der Waals surface area contributed by atoms with E-state index in [1.165, 1.54) is 17.4 Å². The van der Waals surface area contributed by atoms with Gasteiger partial charge in [0.25, 0.3) is 5.91 Å². The van der Waals surface area contributed by atoms with Crippen LogP contribution in [0.3, 0.4) is 0 Å². The van der Waals surface area contributed by atoms with Gasteiger partial charge < -0.3 is 9.73 Å². The first-order chi connectivity index (χ1) is 13.5. The van der Waals surface area contributed by atoms with E-state index in [-0.39, 0.29) is 11.5 Å². The van der Waals surface area contributed by atoms with Gasteiger partial charge in [0.15, 0.2) is 11.5 Å². The Labute approximate surface area is 164 Å². The summed E-state index contributed by atoms with van der Waals surface area (Å²) in [7, 11) is 0. The van der Waals surface area contributed by atoms with Gasteiger partial charge in [0, 0.05) is 10.4 Å². The Hall–Kier alpha value is -3.26. The molecule has 7 nitrogen and oxygen atoms in total. The molecule has 1 amide bonds. The summed E-state index contributed by atoms with van der Waals surface area (Å²) < 4.78 is 4.97. The van der Waals surface area contributed by atoms with Crippen molar-refractivity contribution >= 4 is 33.9 Å². The number of amides is 1. The van der Waals surface area contributed by atoms with E-state index in [0.29, 0.717) is 16.1 Å². The Bertz CT molecular complexity index is 1070. The normalized spacial score (nSPS) is 13.0. The van der Waals surface area contributed by atoms with Crippen LogP contribution in [-0.4, -0.2) is 16.6 Å². The molecule has 3 aromatic rings. The number of hydrogen-bond acceptors (Lipinski definition) is 6. The van der Waals surface area contributed by atoms with Crippen molar-refractivity contribution < 1.29 is 18.9 Å². The van der Waals surface area contributed by atoms with Gasteiger partial charge in [-0.3, -0.25) is 19.7 Å². The van der Waals surface area contributed by atoms with Crippen molar-refractivity contribution in [1.82, 2.24) is 0 Å². The summed E-state index contributed by atoms with van der Waals surface area (Å²) in [6.45, 7) is 0. The summed E-state index contributed by atoms with van der Waals surface area (Å²) in [6.07, 6.45) is 3.71. The second-order valence-corrected chi connectivity index (χ2v) is 7.56. The molecule has 2 aromatic heterocycles. The summed E-state index contributed by atoms with van der Waals surface area (Å²) in [5, 5.41) is 14.0. The Balaban J connectivity index is 1.70. The molecule has 1 aliphatic rings. The number of nitrogens with zero attached hydrogens (tertiary/aromatic N) is 1. The van der Waals surface area contributed by atoms with Crippen LogP contribution >= 0.6 is 11.3 Å². The van der Waals surface area contributed by atoms with E-state index in [0.717, 1.165) is 42.2 Å². The molecule has 1 aromatic carbocycles. The number of thiophene rings is 1. The lowest BCUT2D eigenvalue weighted by atomic mass is 9.92. The molecule has 0 radical (unpaired) electrons. The zero-order chi connectivity index (χ0) is 19.7. The summed E-state index contributed by atoms with van der Waals surface area (Å²) in [5.41, 5.74) is 2.06. The predicted molar refractivity (Wildman–Crippen MR) is 104 cm³/mol. The van der Waals surface area contributed by atoms with Crippen LogP contribution in [0.1, 0.15) is 49.8 Å². The van der Waals surface area contributed by atoms with E-state index >= 15 is 0 Å². The number of benzene rings is 1. The fourth-order valence-corrected chi connectivity index (χ4v) is 4.62. The minimum absolute atomic E-state index is 0.138. The molecule has 0 unspecified atom stereocenters. The third-order valence-corrected chi connectivity index (χ3v) is 5.86. The van der Waals surface area contributed by atoms with Crippen LogP contribution in [0, 0.1) is 10.1 Å². The molecule has 142 valence electrons. The molecule has 0 saturated carbocycles. The van der Waals surface area contributed by atoms with Gasteiger partial charge in [0.2, 0.25) is 0 Å². The summed E-state index contributed by atoms with van der Waals surface area (Å²) in [4.78, 5) is 36.9. The van der Waals surface area contributed by atoms with Crippen LogP contribution in [0.15, 0.2) is 46.9 Å². The van der Waals surface area contributed by atoms with Crippen LogP contribution in [0.4, 0.5) is 10.9 Å². The highest BCUT2D eigenvalue weighted by Crippen LogP contribution is 2.39. The smallest absolute Gasteiger partial charge is 0.395 e. The molecular weight excluding hydrogens is 380 g/mol. The van der Waals surface area contributed by atoms with Gasteiger partial charge in [-0.25, -0.2) is 0 Å². The van der Waals surface area contributed by atoms with Gasteiger partial charge in [0.05, 0.1) is 11.6 Å². The molecule has 0 atom stereocenters. The average molecular weight is 396 g/mol. The van der Waals surface area contributed by atoms with Gasteiger partial charge in [-0.05, 0) is 37.3 Å². The molecule has 8 heteroatoms. The van der Waals surface area contributed by atoms with Crippen molar-refractivity contribution in [3.63, 3.8) is 0 Å². The number of furan rings is 1. The number of rotatable bonds is 5. The van der Waals surface area contributed by atoms with E-state index < -0.39 is 16.7 Å². The first-order valence-electron chi connectivity index (χ1n) is 8.84. The number of nitrogens with one attached hydrogen (secondary N) is 1. The highest BCUT2D eigenvalue weighted by molar-refractivity contribution is 7.17. The summed E-state index contributed by atoms with van der Waals surface area (Å²) >= 11 is 1.39. The number of ketones is 1. The number of hydrogen-bond donors (Lipinski definition) is 1. The van der Waals surface area contributed by atoms with Crippen molar-refractivity contribution in [2.45, 2.75) is 25.7 Å². The molecular formula is C20H16N2O5S. The van der Waals surface area contributed by atoms with E-state index in [1.54, 1.807) is 24.3 Å². The maximum atomic E-state index is 13.2. The monoisotopic (exact) mass is 396 g/mol. The van der Waals surface area contributed by atoms with Crippen molar-refractivity contribution in [3.8, 4) is 0 Å². The van der Waals surface area contributed by atoms with Gasteiger partial charge in [-0.1, -0.05) is 30.3 Å². The topological polar surface area (TPSA) is 102 Å². The van der Waals surface area contributed by atoms with Gasteiger partial charge in [-0.15, -0.1) is 11.3 Å². The molecule has 1 N–H and O–H groups in total. The molecule has 1 aliphatic carbocycles. The maximum absolute atomic E-state index is 13.2. The number of carbonyl (C=O) groups excluding carboxylic acids is 2. The number of fused-ring (bicyclic) bond motifs is 1. The molecule has 0 spiro atoms. The quantitative estimate of drug-likeness (QED) is 0.385. The highest BCUT2D eigenvalue weighted by Gasteiger charge is 2.28. The van der Waals surface area contributed by atoms with E-state index in [9.17, 15) is 19.7 Å². The zero-order valence-corrected chi connectivity index (χ0v) is 15.6. The minimum atomic E-state index is -0.703. The van der Waals surface area contributed by atoms with Crippen LogP contribution in [0.2, 0.25) is 0 Å². The molecule has 0 fully saturated rings. The SMILES string of the molecule is O=C(Nc1sc2c(c1C(=O)c1ccccc1)CCCC2)c1ccc([N+](=O)[O-])o1. The molecule has 0 saturated heterocycles. The lowest BCUT2D eigenvalue weighted by Crippen LogP contribution is -2.14. The number of nitro groups is 1. The van der Waals surface area contributed by atoms with E-state index in [2.05, 4.69) is 5.32 Å². The molecule has 2 heterocycles. The third-order valence-electron chi connectivity index (χ3n) is 4.66. The lowest BCUT2D eigenvalue weighted by Gasteiger charge is -2.12. The van der Waals surface area contributed by atoms with Crippen LogP contribution in [0.25, 0.3) is 0 Å².